The molecule has 0 saturated carbocycles. The highest BCUT2D eigenvalue weighted by molar-refractivity contribution is 6.28. The number of nitrogen functional groups attached to an aromatic ring is 1. The monoisotopic (exact) mass is 244 g/mol. The lowest BCUT2D eigenvalue weighted by Crippen LogP contribution is -2.39. The molecule has 0 aliphatic carbocycles. The molecule has 1 aromatic rings. The van der Waals surface area contributed by atoms with E-state index in [1.807, 2.05) is 13.8 Å². The summed E-state index contributed by atoms with van der Waals surface area (Å²) in [6, 6.07) is -0.00892. The van der Waals surface area contributed by atoms with Crippen molar-refractivity contribution in [1.29, 1.82) is 0 Å². The maximum Gasteiger partial charge on any atom is 0.237 e. The molecule has 1 amide bonds. The first-order valence-electron chi connectivity index (χ1n) is 4.62. The summed E-state index contributed by atoms with van der Waals surface area (Å²) < 4.78 is 0. The molecule has 0 atom stereocenters. The Balaban J connectivity index is 3.05. The molecule has 88 valence electrons. The molecular formula is C8H13ClN6O. The summed E-state index contributed by atoms with van der Waals surface area (Å²) in [4.78, 5) is 23.9. The van der Waals surface area contributed by atoms with Crippen LogP contribution in [0, 0.1) is 0 Å². The third-order valence-corrected chi connectivity index (χ3v) is 1.99. The number of primary amides is 1. The van der Waals surface area contributed by atoms with E-state index in [0.29, 0.717) is 0 Å². The van der Waals surface area contributed by atoms with Gasteiger partial charge in [0, 0.05) is 6.04 Å². The summed E-state index contributed by atoms with van der Waals surface area (Å²) in [5, 5.41) is -0.0161. The smallest absolute Gasteiger partial charge is 0.237 e. The number of nitrogens with two attached hydrogens (primary N) is 2. The van der Waals surface area contributed by atoms with Crippen molar-refractivity contribution in [3.8, 4) is 0 Å². The van der Waals surface area contributed by atoms with Crippen LogP contribution >= 0.6 is 11.6 Å². The molecule has 1 rings (SSSR count). The predicted octanol–water partition coefficient (Wildman–Crippen LogP) is -0.193. The van der Waals surface area contributed by atoms with Gasteiger partial charge in [-0.15, -0.1) is 0 Å². The summed E-state index contributed by atoms with van der Waals surface area (Å²) in [5.41, 5.74) is 10.6. The van der Waals surface area contributed by atoms with Crippen LogP contribution in [0.3, 0.4) is 0 Å². The third-order valence-electron chi connectivity index (χ3n) is 1.82. The van der Waals surface area contributed by atoms with Gasteiger partial charge in [0.1, 0.15) is 0 Å². The summed E-state index contributed by atoms with van der Waals surface area (Å²) in [5.74, 6) is -0.236. The number of halogens is 1. The van der Waals surface area contributed by atoms with E-state index in [9.17, 15) is 4.79 Å². The number of rotatable bonds is 4. The van der Waals surface area contributed by atoms with Crippen LogP contribution in [0.25, 0.3) is 0 Å². The molecule has 0 unspecified atom stereocenters. The molecule has 16 heavy (non-hydrogen) atoms. The quantitative estimate of drug-likeness (QED) is 0.759. The van der Waals surface area contributed by atoms with Crippen molar-refractivity contribution in [3.63, 3.8) is 0 Å². The van der Waals surface area contributed by atoms with Crippen LogP contribution in [0.2, 0.25) is 5.28 Å². The van der Waals surface area contributed by atoms with E-state index < -0.39 is 5.91 Å². The van der Waals surface area contributed by atoms with Crippen LogP contribution < -0.4 is 16.4 Å². The van der Waals surface area contributed by atoms with E-state index in [1.54, 1.807) is 4.90 Å². The normalized spacial score (nSPS) is 10.5. The van der Waals surface area contributed by atoms with Gasteiger partial charge in [-0.25, -0.2) is 0 Å². The van der Waals surface area contributed by atoms with Crippen molar-refractivity contribution in [3.05, 3.63) is 5.28 Å². The predicted molar refractivity (Wildman–Crippen MR) is 60.9 cm³/mol. The summed E-state index contributed by atoms with van der Waals surface area (Å²) >= 11 is 5.65. The molecule has 1 aromatic heterocycles. The van der Waals surface area contributed by atoms with E-state index >= 15 is 0 Å². The average Bonchev–Trinajstić information content (AvgIpc) is 2.11. The second-order valence-corrected chi connectivity index (χ2v) is 3.79. The van der Waals surface area contributed by atoms with Gasteiger partial charge in [0.25, 0.3) is 0 Å². The van der Waals surface area contributed by atoms with Crippen LogP contribution in [0.4, 0.5) is 11.9 Å². The molecule has 0 spiro atoms. The molecule has 0 aromatic carbocycles. The van der Waals surface area contributed by atoms with Gasteiger partial charge in [-0.3, -0.25) is 4.79 Å². The zero-order chi connectivity index (χ0) is 12.3. The van der Waals surface area contributed by atoms with Gasteiger partial charge in [-0.1, -0.05) is 0 Å². The SMILES string of the molecule is CC(C)N(CC(N)=O)c1nc(N)nc(Cl)n1. The van der Waals surface area contributed by atoms with Crippen LogP contribution in [0.1, 0.15) is 13.8 Å². The van der Waals surface area contributed by atoms with Crippen LogP contribution in [-0.4, -0.2) is 33.4 Å². The fourth-order valence-corrected chi connectivity index (χ4v) is 1.30. The van der Waals surface area contributed by atoms with Crippen molar-refractivity contribution in [2.75, 3.05) is 17.2 Å². The van der Waals surface area contributed by atoms with E-state index in [-0.39, 0.29) is 29.8 Å². The summed E-state index contributed by atoms with van der Waals surface area (Å²) in [6.07, 6.45) is 0. The number of aromatic nitrogens is 3. The van der Waals surface area contributed by atoms with Gasteiger partial charge < -0.3 is 16.4 Å². The number of anilines is 2. The number of carbonyl (C=O) groups excluding carboxylic acids is 1. The Morgan fingerprint density at radius 2 is 2.06 bits per heavy atom. The molecule has 0 radical (unpaired) electrons. The average molecular weight is 245 g/mol. The molecule has 0 fully saturated rings. The largest absolute Gasteiger partial charge is 0.368 e. The van der Waals surface area contributed by atoms with E-state index in [4.69, 9.17) is 23.1 Å². The zero-order valence-electron chi connectivity index (χ0n) is 9.01. The Kier molecular flexibility index (Phi) is 3.83. The Bertz CT molecular complexity index is 376. The fourth-order valence-electron chi connectivity index (χ4n) is 1.14. The van der Waals surface area contributed by atoms with Crippen molar-refractivity contribution >= 4 is 29.4 Å². The van der Waals surface area contributed by atoms with Gasteiger partial charge in [0.2, 0.25) is 23.1 Å². The van der Waals surface area contributed by atoms with E-state index in [0.717, 1.165) is 0 Å². The lowest BCUT2D eigenvalue weighted by Gasteiger charge is -2.24. The molecule has 1 heterocycles. The first kappa shape index (κ1) is 12.4. The van der Waals surface area contributed by atoms with Gasteiger partial charge in [-0.2, -0.15) is 15.0 Å². The second kappa shape index (κ2) is 4.93. The number of carbonyl (C=O) groups is 1. The Hall–Kier alpha value is -1.63. The lowest BCUT2D eigenvalue weighted by atomic mass is 10.3. The molecule has 0 aliphatic heterocycles. The number of hydrogen-bond donors (Lipinski definition) is 2. The van der Waals surface area contributed by atoms with Crippen LogP contribution in [-0.2, 0) is 4.79 Å². The highest BCUT2D eigenvalue weighted by Crippen LogP contribution is 2.14. The van der Waals surface area contributed by atoms with Crippen molar-refractivity contribution < 1.29 is 4.79 Å². The first-order valence-corrected chi connectivity index (χ1v) is 5.00. The molecule has 8 heteroatoms. The number of nitrogens with zero attached hydrogens (tertiary/aromatic N) is 4. The van der Waals surface area contributed by atoms with Crippen molar-refractivity contribution in [2.24, 2.45) is 5.73 Å². The first-order chi connectivity index (χ1) is 7.40. The Morgan fingerprint density at radius 3 is 2.50 bits per heavy atom. The van der Waals surface area contributed by atoms with Gasteiger partial charge >= 0.3 is 0 Å². The van der Waals surface area contributed by atoms with Crippen molar-refractivity contribution in [1.82, 2.24) is 15.0 Å². The minimum atomic E-state index is -0.483. The van der Waals surface area contributed by atoms with Crippen LogP contribution in [0.5, 0.6) is 0 Å². The molecule has 0 aliphatic rings. The van der Waals surface area contributed by atoms with Gasteiger partial charge in [-0.05, 0) is 25.4 Å². The van der Waals surface area contributed by atoms with Crippen molar-refractivity contribution in [2.45, 2.75) is 19.9 Å². The topological polar surface area (TPSA) is 111 Å². The minimum Gasteiger partial charge on any atom is -0.368 e. The molecule has 7 nitrogen and oxygen atoms in total. The standard InChI is InChI=1S/C8H13ClN6O/c1-4(2)15(3-5(10)16)8-13-6(9)12-7(11)14-8/h4H,3H2,1-2H3,(H2,10,16)(H2,11,12,13,14). The fraction of sp³-hybridized carbons (Fsp3) is 0.500. The van der Waals surface area contributed by atoms with Crippen LogP contribution in [0.15, 0.2) is 0 Å². The second-order valence-electron chi connectivity index (χ2n) is 3.45. The maximum atomic E-state index is 10.9. The Morgan fingerprint density at radius 1 is 1.44 bits per heavy atom. The zero-order valence-corrected chi connectivity index (χ0v) is 9.77. The highest BCUT2D eigenvalue weighted by Gasteiger charge is 2.17. The molecule has 0 saturated heterocycles. The molecular weight excluding hydrogens is 232 g/mol. The third kappa shape index (κ3) is 3.20. The summed E-state index contributed by atoms with van der Waals surface area (Å²) in [6.45, 7) is 3.74. The molecule has 0 bridgehead atoms. The lowest BCUT2D eigenvalue weighted by molar-refractivity contribution is -0.116. The van der Waals surface area contributed by atoms with Gasteiger partial charge in [0.15, 0.2) is 0 Å². The van der Waals surface area contributed by atoms with E-state index in [1.165, 1.54) is 0 Å². The summed E-state index contributed by atoms with van der Waals surface area (Å²) in [7, 11) is 0. The highest BCUT2D eigenvalue weighted by atomic mass is 35.5. The Labute approximate surface area is 97.8 Å². The number of hydrogen-bond acceptors (Lipinski definition) is 6. The van der Waals surface area contributed by atoms with E-state index in [2.05, 4.69) is 15.0 Å². The minimum absolute atomic E-state index is 0.00253. The van der Waals surface area contributed by atoms with Gasteiger partial charge in [0.05, 0.1) is 6.54 Å². The number of amides is 1. The maximum absolute atomic E-state index is 10.9. The molecule has 4 N–H and O–H groups in total.